The normalized spacial score (nSPS) is 10.6. The van der Waals surface area contributed by atoms with Crippen molar-refractivity contribution in [3.05, 3.63) is 22.2 Å². The lowest BCUT2D eigenvalue weighted by Gasteiger charge is -2.02. The zero-order valence-corrected chi connectivity index (χ0v) is 12.0. The number of carbonyl (C=O) groups is 2. The highest BCUT2D eigenvalue weighted by Crippen LogP contribution is 2.13. The third kappa shape index (κ3) is 3.56. The van der Waals surface area contributed by atoms with Gasteiger partial charge in [0, 0.05) is 6.07 Å². The molecule has 0 aliphatic rings. The first kappa shape index (κ1) is 15.0. The minimum absolute atomic E-state index is 0.117. The van der Waals surface area contributed by atoms with Crippen molar-refractivity contribution in [2.45, 2.75) is 18.6 Å². The molecule has 112 valence electrons. The van der Waals surface area contributed by atoms with Crippen LogP contribution in [0.1, 0.15) is 10.6 Å². The van der Waals surface area contributed by atoms with Gasteiger partial charge in [-0.2, -0.15) is 0 Å². The summed E-state index contributed by atoms with van der Waals surface area (Å²) in [5.74, 6) is -0.845. The van der Waals surface area contributed by atoms with Crippen molar-refractivity contribution in [2.24, 2.45) is 0 Å². The Hall–Kier alpha value is -2.43. The Morgan fingerprint density at radius 1 is 1.48 bits per heavy atom. The number of methoxy groups -OCH3 is 1. The Morgan fingerprint density at radius 2 is 2.24 bits per heavy atom. The average Bonchev–Trinajstić information content (AvgIpc) is 3.02. The molecule has 0 N–H and O–H groups in total. The standard InChI is InChI=1S/C10H11N5O5S/c1-6-3-7(16)15(20-6)8(17)5-21-10-11-12-13-14(10)4-9(18)19-2/h3H,4-5H2,1-2H3. The van der Waals surface area contributed by atoms with Crippen LogP contribution < -0.4 is 5.56 Å². The number of aryl methyl sites for hydroxylation is 1. The molecule has 0 radical (unpaired) electrons. The van der Waals surface area contributed by atoms with Crippen LogP contribution in [0.2, 0.25) is 0 Å². The summed E-state index contributed by atoms with van der Waals surface area (Å²) < 4.78 is 11.3. The molecule has 0 aliphatic heterocycles. The second kappa shape index (κ2) is 6.35. The van der Waals surface area contributed by atoms with Crippen LogP contribution in [0.15, 0.2) is 20.5 Å². The molecule has 10 nitrogen and oxygen atoms in total. The van der Waals surface area contributed by atoms with Gasteiger partial charge < -0.3 is 9.26 Å². The molecular formula is C10H11N5O5S. The summed E-state index contributed by atoms with van der Waals surface area (Å²) in [5.41, 5.74) is -0.535. The molecule has 0 aromatic carbocycles. The highest BCUT2D eigenvalue weighted by Gasteiger charge is 2.16. The van der Waals surface area contributed by atoms with E-state index in [-0.39, 0.29) is 17.5 Å². The monoisotopic (exact) mass is 313 g/mol. The van der Waals surface area contributed by atoms with Gasteiger partial charge in [-0.05, 0) is 17.4 Å². The number of aromatic nitrogens is 5. The van der Waals surface area contributed by atoms with Gasteiger partial charge in [0.05, 0.1) is 12.9 Å². The summed E-state index contributed by atoms with van der Waals surface area (Å²) in [6.45, 7) is 1.40. The molecule has 21 heavy (non-hydrogen) atoms. The van der Waals surface area contributed by atoms with Crippen LogP contribution in [0, 0.1) is 6.92 Å². The number of carbonyl (C=O) groups excluding carboxylic acids is 2. The molecule has 2 heterocycles. The molecule has 0 aliphatic carbocycles. The predicted molar refractivity (Wildman–Crippen MR) is 68.9 cm³/mol. The molecule has 2 rings (SSSR count). The maximum absolute atomic E-state index is 11.8. The fourth-order valence-electron chi connectivity index (χ4n) is 1.39. The fourth-order valence-corrected chi connectivity index (χ4v) is 2.11. The maximum Gasteiger partial charge on any atom is 0.327 e. The first-order chi connectivity index (χ1) is 10.0. The number of hydrogen-bond acceptors (Lipinski definition) is 9. The van der Waals surface area contributed by atoms with Gasteiger partial charge in [0.15, 0.2) is 0 Å². The summed E-state index contributed by atoms with van der Waals surface area (Å²) in [4.78, 5) is 34.4. The van der Waals surface area contributed by atoms with Crippen molar-refractivity contribution in [2.75, 3.05) is 12.9 Å². The highest BCUT2D eigenvalue weighted by molar-refractivity contribution is 7.99. The molecule has 0 fully saturated rings. The Labute approximate surface area is 122 Å². The van der Waals surface area contributed by atoms with Crippen molar-refractivity contribution in [1.82, 2.24) is 24.9 Å². The van der Waals surface area contributed by atoms with Gasteiger partial charge in [-0.25, -0.2) is 4.68 Å². The molecular weight excluding hydrogens is 302 g/mol. The summed E-state index contributed by atoms with van der Waals surface area (Å²) in [6, 6.07) is 1.21. The van der Waals surface area contributed by atoms with Gasteiger partial charge in [0.25, 0.3) is 11.5 Å². The van der Waals surface area contributed by atoms with Crippen LogP contribution >= 0.6 is 11.8 Å². The number of tetrazole rings is 1. The topological polar surface area (TPSA) is 122 Å². The number of esters is 1. The van der Waals surface area contributed by atoms with Gasteiger partial charge in [-0.3, -0.25) is 14.4 Å². The molecule has 0 atom stereocenters. The number of rotatable bonds is 5. The van der Waals surface area contributed by atoms with Crippen LogP contribution in [-0.4, -0.2) is 49.7 Å². The van der Waals surface area contributed by atoms with E-state index in [9.17, 15) is 14.4 Å². The Bertz CT molecular complexity index is 717. The molecule has 11 heteroatoms. The summed E-state index contributed by atoms with van der Waals surface area (Å²) in [7, 11) is 1.24. The highest BCUT2D eigenvalue weighted by atomic mass is 32.2. The number of ether oxygens (including phenoxy) is 1. The van der Waals surface area contributed by atoms with E-state index in [0.29, 0.717) is 10.5 Å². The predicted octanol–water partition coefficient (Wildman–Crippen LogP) is -0.658. The lowest BCUT2D eigenvalue weighted by molar-refractivity contribution is -0.141. The van der Waals surface area contributed by atoms with Crippen molar-refractivity contribution in [1.29, 1.82) is 0 Å². The van der Waals surface area contributed by atoms with E-state index in [1.807, 2.05) is 0 Å². The van der Waals surface area contributed by atoms with Crippen molar-refractivity contribution in [3.63, 3.8) is 0 Å². The van der Waals surface area contributed by atoms with E-state index < -0.39 is 17.4 Å². The maximum atomic E-state index is 11.8. The Kier molecular flexibility index (Phi) is 4.52. The zero-order valence-electron chi connectivity index (χ0n) is 11.2. The number of hydrogen-bond donors (Lipinski definition) is 0. The largest absolute Gasteiger partial charge is 0.468 e. The fraction of sp³-hybridized carbons (Fsp3) is 0.400. The summed E-state index contributed by atoms with van der Waals surface area (Å²) in [6.07, 6.45) is 0. The quantitative estimate of drug-likeness (QED) is 0.523. The van der Waals surface area contributed by atoms with Crippen LogP contribution in [-0.2, 0) is 16.1 Å². The lowest BCUT2D eigenvalue weighted by Crippen LogP contribution is -2.23. The molecule has 0 spiro atoms. The molecule has 0 unspecified atom stereocenters. The second-order valence-corrected chi connectivity index (χ2v) is 4.80. The van der Waals surface area contributed by atoms with Crippen LogP contribution in [0.5, 0.6) is 0 Å². The molecule has 0 bridgehead atoms. The molecule has 0 amide bonds. The Morgan fingerprint density at radius 3 is 2.86 bits per heavy atom. The molecule has 0 saturated heterocycles. The van der Waals surface area contributed by atoms with Crippen molar-refractivity contribution >= 4 is 23.6 Å². The summed E-state index contributed by atoms with van der Waals surface area (Å²) >= 11 is 0.977. The van der Waals surface area contributed by atoms with Crippen LogP contribution in [0.4, 0.5) is 0 Å². The third-order valence-electron chi connectivity index (χ3n) is 2.32. The first-order valence-corrected chi connectivity index (χ1v) is 6.68. The van der Waals surface area contributed by atoms with Gasteiger partial charge >= 0.3 is 5.97 Å². The number of nitrogens with zero attached hydrogens (tertiary/aromatic N) is 5. The van der Waals surface area contributed by atoms with E-state index >= 15 is 0 Å². The van der Waals surface area contributed by atoms with Gasteiger partial charge in [0.1, 0.15) is 12.3 Å². The minimum atomic E-state index is -0.550. The van der Waals surface area contributed by atoms with E-state index in [4.69, 9.17) is 4.52 Å². The number of thioether (sulfide) groups is 1. The van der Waals surface area contributed by atoms with Crippen molar-refractivity contribution in [3.8, 4) is 0 Å². The molecule has 2 aromatic rings. The van der Waals surface area contributed by atoms with Gasteiger partial charge in [0.2, 0.25) is 5.16 Å². The Balaban J connectivity index is 2.02. The second-order valence-electron chi connectivity index (χ2n) is 3.86. The minimum Gasteiger partial charge on any atom is -0.468 e. The van der Waals surface area contributed by atoms with E-state index in [2.05, 4.69) is 20.3 Å². The third-order valence-corrected chi connectivity index (χ3v) is 3.26. The zero-order chi connectivity index (χ0) is 15.4. The summed E-state index contributed by atoms with van der Waals surface area (Å²) in [5, 5.41) is 11.0. The first-order valence-electron chi connectivity index (χ1n) is 5.70. The van der Waals surface area contributed by atoms with E-state index in [1.54, 1.807) is 6.92 Å². The average molecular weight is 313 g/mol. The van der Waals surface area contributed by atoms with E-state index in [1.165, 1.54) is 17.9 Å². The lowest BCUT2D eigenvalue weighted by atomic mass is 10.5. The van der Waals surface area contributed by atoms with E-state index in [0.717, 1.165) is 11.8 Å². The van der Waals surface area contributed by atoms with Crippen LogP contribution in [0.25, 0.3) is 0 Å². The SMILES string of the molecule is COC(=O)Cn1nnnc1SCC(=O)n1oc(C)cc1=O. The van der Waals surface area contributed by atoms with Crippen molar-refractivity contribution < 1.29 is 18.8 Å². The smallest absolute Gasteiger partial charge is 0.327 e. The van der Waals surface area contributed by atoms with Gasteiger partial charge in [-0.1, -0.05) is 11.8 Å². The van der Waals surface area contributed by atoms with Crippen LogP contribution in [0.3, 0.4) is 0 Å². The molecule has 0 saturated carbocycles. The molecule has 2 aromatic heterocycles. The van der Waals surface area contributed by atoms with Gasteiger partial charge in [-0.15, -0.1) is 9.84 Å².